The summed E-state index contributed by atoms with van der Waals surface area (Å²) < 4.78 is 1.34. The van der Waals surface area contributed by atoms with Crippen LogP contribution in [0.4, 0.5) is 0 Å². The predicted molar refractivity (Wildman–Crippen MR) is 74.6 cm³/mol. The fourth-order valence-electron chi connectivity index (χ4n) is 1.35. The van der Waals surface area contributed by atoms with Crippen LogP contribution < -0.4 is 0 Å². The van der Waals surface area contributed by atoms with Gasteiger partial charge in [-0.2, -0.15) is 6.07 Å². The van der Waals surface area contributed by atoms with Crippen LogP contribution in [0.1, 0.15) is 5.56 Å². The summed E-state index contributed by atoms with van der Waals surface area (Å²) in [5.41, 5.74) is 1.35. The molecule has 0 aromatic heterocycles. The van der Waals surface area contributed by atoms with Crippen LogP contribution in [0.2, 0.25) is 0 Å². The normalized spacial score (nSPS) is 9.67. The molecule has 15 heavy (non-hydrogen) atoms. The summed E-state index contributed by atoms with van der Waals surface area (Å²) in [6.07, 6.45) is 0. The standard InChI is InChI=1S/C10H8I.3ClH.Zr/c1-7-5-8-3-2-4-10(11)9(8)6-7;;;;/h2-6H,1H3;3*1H;/q-1;;;;+3/p-3. The molecule has 0 amide bonds. The molecule has 0 spiro atoms. The fourth-order valence-corrected chi connectivity index (χ4v) is 2.02. The van der Waals surface area contributed by atoms with Crippen molar-refractivity contribution in [1.29, 1.82) is 0 Å². The monoisotopic (exact) mass is 450 g/mol. The van der Waals surface area contributed by atoms with Gasteiger partial charge in [-0.3, -0.25) is 0 Å². The Kier molecular flexibility index (Phi) is 6.62. The molecule has 0 fully saturated rings. The molecule has 0 nitrogen and oxygen atoms in total. The summed E-state index contributed by atoms with van der Waals surface area (Å²) in [7, 11) is 15.0. The molecule has 0 aliphatic carbocycles. The number of aryl methyl sites for hydroxylation is 1. The van der Waals surface area contributed by atoms with Gasteiger partial charge in [0.25, 0.3) is 0 Å². The molecule has 5 heteroatoms. The van der Waals surface area contributed by atoms with Gasteiger partial charge in [0.05, 0.1) is 0 Å². The molecule has 0 saturated carbocycles. The van der Waals surface area contributed by atoms with Crippen molar-refractivity contribution < 1.29 is 18.2 Å². The number of halogens is 4. The van der Waals surface area contributed by atoms with Crippen molar-refractivity contribution in [2.45, 2.75) is 6.92 Å². The molecule has 2 aromatic carbocycles. The Morgan fingerprint density at radius 2 is 1.87 bits per heavy atom. The fraction of sp³-hybridized carbons (Fsp3) is 0.100. The van der Waals surface area contributed by atoms with Gasteiger partial charge in [0, 0.05) is 0 Å². The third-order valence-electron chi connectivity index (χ3n) is 1.84. The summed E-state index contributed by atoms with van der Waals surface area (Å²) in [6.45, 7) is 2.13. The minimum atomic E-state index is -2.13. The van der Waals surface area contributed by atoms with Crippen LogP contribution in [0, 0.1) is 10.5 Å². The Balaban J connectivity index is 0.000000245. The van der Waals surface area contributed by atoms with E-state index in [0.717, 1.165) is 0 Å². The summed E-state index contributed by atoms with van der Waals surface area (Å²) in [5.74, 6) is 0. The third-order valence-corrected chi connectivity index (χ3v) is 2.78. The number of hydrogen-bond acceptors (Lipinski definition) is 0. The van der Waals surface area contributed by atoms with Gasteiger partial charge in [0.2, 0.25) is 0 Å². The molecule has 0 bridgehead atoms. The maximum absolute atomic E-state index is 5.00. The molecule has 2 rings (SSSR count). The first-order chi connectivity index (χ1) is 7.00. The van der Waals surface area contributed by atoms with Crippen molar-refractivity contribution in [3.05, 3.63) is 39.5 Å². The summed E-state index contributed by atoms with van der Waals surface area (Å²) in [5, 5.41) is 2.74. The van der Waals surface area contributed by atoms with Crippen LogP contribution in [0.15, 0.2) is 30.3 Å². The Morgan fingerprint density at radius 1 is 1.27 bits per heavy atom. The number of rotatable bonds is 0. The number of benzene rings is 1. The van der Waals surface area contributed by atoms with E-state index in [1.807, 2.05) is 0 Å². The van der Waals surface area contributed by atoms with E-state index in [4.69, 9.17) is 25.5 Å². The van der Waals surface area contributed by atoms with E-state index in [1.54, 1.807) is 0 Å². The second kappa shape index (κ2) is 6.91. The van der Waals surface area contributed by atoms with E-state index in [2.05, 4.69) is 59.8 Å². The molecule has 0 heterocycles. The van der Waals surface area contributed by atoms with Gasteiger partial charge < -0.3 is 0 Å². The van der Waals surface area contributed by atoms with Crippen molar-refractivity contribution in [2.24, 2.45) is 0 Å². The van der Waals surface area contributed by atoms with Crippen LogP contribution in [0.3, 0.4) is 0 Å². The van der Waals surface area contributed by atoms with Crippen LogP contribution in [-0.2, 0) is 18.2 Å². The quantitative estimate of drug-likeness (QED) is 0.364. The van der Waals surface area contributed by atoms with Crippen molar-refractivity contribution in [3.63, 3.8) is 0 Å². The van der Waals surface area contributed by atoms with Crippen molar-refractivity contribution in [1.82, 2.24) is 0 Å². The van der Waals surface area contributed by atoms with E-state index in [1.165, 1.54) is 19.9 Å². The molecule has 0 unspecified atom stereocenters. The molecular formula is C10H8Cl3IZr-. The summed E-state index contributed by atoms with van der Waals surface area (Å²) in [6, 6.07) is 10.9. The molecular weight excluding hydrogens is 445 g/mol. The average Bonchev–Trinajstić information content (AvgIpc) is 2.46. The topological polar surface area (TPSA) is 0 Å². The van der Waals surface area contributed by atoms with Gasteiger partial charge in [0.1, 0.15) is 0 Å². The summed E-state index contributed by atoms with van der Waals surface area (Å²) in [4.78, 5) is 0. The van der Waals surface area contributed by atoms with Gasteiger partial charge in [-0.25, -0.2) is 0 Å². The number of fused-ring (bicyclic) bond motifs is 1. The van der Waals surface area contributed by atoms with E-state index >= 15 is 0 Å². The van der Waals surface area contributed by atoms with Crippen molar-refractivity contribution >= 4 is 58.9 Å². The SMILES string of the molecule is Cc1cc2c(I)cccc2[cH-]1.[Cl][Zr]([Cl])[Cl]. The zero-order valence-corrected chi connectivity index (χ0v) is 14.8. The van der Waals surface area contributed by atoms with Gasteiger partial charge in [-0.15, -0.1) is 34.5 Å². The molecule has 0 radical (unpaired) electrons. The van der Waals surface area contributed by atoms with Gasteiger partial charge in [-0.1, -0.05) is 35.6 Å². The Labute approximate surface area is 122 Å². The van der Waals surface area contributed by atoms with Crippen molar-refractivity contribution in [3.8, 4) is 0 Å². The van der Waals surface area contributed by atoms with E-state index in [9.17, 15) is 0 Å². The first-order valence-electron chi connectivity index (χ1n) is 4.15. The minimum absolute atomic E-state index is 1.34. The van der Waals surface area contributed by atoms with Gasteiger partial charge >= 0.3 is 43.7 Å². The Bertz CT molecular complexity index is 436. The van der Waals surface area contributed by atoms with Crippen molar-refractivity contribution in [2.75, 3.05) is 0 Å². The van der Waals surface area contributed by atoms with E-state index in [0.29, 0.717) is 0 Å². The molecule has 81 valence electrons. The van der Waals surface area contributed by atoms with E-state index in [-0.39, 0.29) is 0 Å². The molecule has 0 saturated heterocycles. The van der Waals surface area contributed by atoms with Crippen LogP contribution in [0.25, 0.3) is 10.8 Å². The molecule has 2 aromatic rings. The second-order valence-corrected chi connectivity index (χ2v) is 15.3. The van der Waals surface area contributed by atoms with Crippen LogP contribution in [0.5, 0.6) is 0 Å². The van der Waals surface area contributed by atoms with Gasteiger partial charge in [-0.05, 0) is 3.57 Å². The van der Waals surface area contributed by atoms with Crippen LogP contribution in [-0.4, -0.2) is 0 Å². The second-order valence-electron chi connectivity index (χ2n) is 2.99. The zero-order chi connectivity index (χ0) is 11.4. The van der Waals surface area contributed by atoms with Gasteiger partial charge in [0.15, 0.2) is 0 Å². The Morgan fingerprint density at radius 3 is 2.40 bits per heavy atom. The maximum atomic E-state index is 5.00. The molecule has 0 aliphatic heterocycles. The first kappa shape index (κ1) is 14.4. The molecule has 0 aliphatic rings. The first-order valence-corrected chi connectivity index (χ1v) is 14.7. The van der Waals surface area contributed by atoms with Crippen LogP contribution >= 0.6 is 48.1 Å². The summed E-state index contributed by atoms with van der Waals surface area (Å²) >= 11 is 0.245. The van der Waals surface area contributed by atoms with E-state index < -0.39 is 18.2 Å². The predicted octanol–water partition coefficient (Wildman–Crippen LogP) is 5.54. The Hall–Kier alpha value is 1.31. The zero-order valence-electron chi connectivity index (χ0n) is 7.90. The molecule has 0 N–H and O–H groups in total. The average molecular weight is 453 g/mol. The third kappa shape index (κ3) is 4.99. The number of hydrogen-bond donors (Lipinski definition) is 0. The molecule has 0 atom stereocenters.